The van der Waals surface area contributed by atoms with Gasteiger partial charge in [0.1, 0.15) is 0 Å². The fourth-order valence-corrected chi connectivity index (χ4v) is 6.00. The van der Waals surface area contributed by atoms with Crippen molar-refractivity contribution >= 4 is 5.91 Å². The molecule has 1 amide bonds. The van der Waals surface area contributed by atoms with E-state index in [4.69, 9.17) is 0 Å². The topological polar surface area (TPSA) is 89.8 Å². The van der Waals surface area contributed by atoms with Gasteiger partial charge >= 0.3 is 0 Å². The van der Waals surface area contributed by atoms with Crippen molar-refractivity contribution in [2.75, 3.05) is 6.61 Å². The Kier molecular flexibility index (Phi) is 36.3. The lowest BCUT2D eigenvalue weighted by Crippen LogP contribution is -2.45. The molecule has 5 heteroatoms. The summed E-state index contributed by atoms with van der Waals surface area (Å²) in [6.45, 7) is 4.15. The first-order chi connectivity index (χ1) is 23.0. The average molecular weight is 662 g/mol. The van der Waals surface area contributed by atoms with Crippen LogP contribution in [-0.2, 0) is 4.79 Å². The van der Waals surface area contributed by atoms with Gasteiger partial charge in [-0.3, -0.25) is 4.79 Å². The molecule has 0 aliphatic rings. The number of carbonyl (C=O) groups excluding carboxylic acids is 1. The Morgan fingerprint density at radius 1 is 0.532 bits per heavy atom. The Morgan fingerprint density at radius 3 is 1.40 bits per heavy atom. The van der Waals surface area contributed by atoms with Crippen molar-refractivity contribution in [1.82, 2.24) is 5.32 Å². The van der Waals surface area contributed by atoms with Crippen LogP contribution in [0.15, 0.2) is 36.5 Å². The summed E-state index contributed by atoms with van der Waals surface area (Å²) >= 11 is 0. The van der Waals surface area contributed by atoms with Crippen molar-refractivity contribution in [3.05, 3.63) is 36.5 Å². The van der Waals surface area contributed by atoms with Crippen LogP contribution in [0.2, 0.25) is 0 Å². The van der Waals surface area contributed by atoms with Gasteiger partial charge < -0.3 is 20.6 Å². The molecule has 0 aliphatic heterocycles. The highest BCUT2D eigenvalue weighted by Crippen LogP contribution is 2.14. The zero-order valence-corrected chi connectivity index (χ0v) is 31.2. The van der Waals surface area contributed by atoms with Crippen LogP contribution < -0.4 is 5.32 Å². The number of hydrogen-bond acceptors (Lipinski definition) is 4. The Hall–Kier alpha value is -1.43. The first kappa shape index (κ1) is 45.6. The number of nitrogens with one attached hydrogen (secondary N) is 1. The summed E-state index contributed by atoms with van der Waals surface area (Å²) in [5.41, 5.74) is 0. The van der Waals surface area contributed by atoms with E-state index in [1.807, 2.05) is 6.08 Å². The summed E-state index contributed by atoms with van der Waals surface area (Å²) < 4.78 is 0. The lowest BCUT2D eigenvalue weighted by Gasteiger charge is -2.20. The van der Waals surface area contributed by atoms with Crippen molar-refractivity contribution < 1.29 is 20.1 Å². The molecule has 0 aromatic rings. The van der Waals surface area contributed by atoms with Crippen LogP contribution in [-0.4, -0.2) is 46.1 Å². The number of rotatable bonds is 36. The smallest absolute Gasteiger partial charge is 0.222 e. The largest absolute Gasteiger partial charge is 0.394 e. The maximum Gasteiger partial charge on any atom is 0.222 e. The van der Waals surface area contributed by atoms with Gasteiger partial charge in [0.2, 0.25) is 5.91 Å². The number of aliphatic hydroxyl groups is 3. The van der Waals surface area contributed by atoms with E-state index in [1.54, 1.807) is 6.08 Å². The van der Waals surface area contributed by atoms with Gasteiger partial charge in [-0.1, -0.05) is 172 Å². The molecule has 4 N–H and O–H groups in total. The van der Waals surface area contributed by atoms with Gasteiger partial charge in [0.25, 0.3) is 0 Å². The second-order valence-electron chi connectivity index (χ2n) is 13.9. The second-order valence-corrected chi connectivity index (χ2v) is 13.9. The molecular formula is C42H79NO4. The van der Waals surface area contributed by atoms with Gasteiger partial charge in [0.05, 0.1) is 31.3 Å². The molecule has 276 valence electrons. The number of allylic oxidation sites excluding steroid dienone is 5. The summed E-state index contributed by atoms with van der Waals surface area (Å²) in [6, 6.07) is -0.763. The minimum Gasteiger partial charge on any atom is -0.394 e. The zero-order valence-electron chi connectivity index (χ0n) is 31.2. The fraction of sp³-hybridized carbons (Fsp3) is 0.833. The maximum absolute atomic E-state index is 12.3. The van der Waals surface area contributed by atoms with E-state index >= 15 is 0 Å². The molecule has 0 aromatic carbocycles. The summed E-state index contributed by atoms with van der Waals surface area (Å²) in [6.07, 6.45) is 45.8. The molecule has 0 aliphatic carbocycles. The molecule has 0 bridgehead atoms. The van der Waals surface area contributed by atoms with Crippen LogP contribution in [0.5, 0.6) is 0 Å². The third-order valence-corrected chi connectivity index (χ3v) is 9.15. The van der Waals surface area contributed by atoms with Crippen molar-refractivity contribution in [1.29, 1.82) is 0 Å². The Labute approximate surface area is 292 Å². The van der Waals surface area contributed by atoms with Crippen LogP contribution in [0.1, 0.15) is 200 Å². The van der Waals surface area contributed by atoms with Crippen molar-refractivity contribution in [3.63, 3.8) is 0 Å². The van der Waals surface area contributed by atoms with E-state index in [1.165, 1.54) is 122 Å². The Balaban J connectivity index is 3.72. The predicted molar refractivity (Wildman–Crippen MR) is 204 cm³/mol. The minimum atomic E-state index is -0.954. The molecule has 0 saturated carbocycles. The molecule has 47 heavy (non-hydrogen) atoms. The van der Waals surface area contributed by atoms with Crippen LogP contribution in [0.3, 0.4) is 0 Å². The normalized spacial score (nSPS) is 14.1. The van der Waals surface area contributed by atoms with Gasteiger partial charge in [0, 0.05) is 0 Å². The molecule has 0 aromatic heterocycles. The number of aliphatic hydroxyl groups excluding tert-OH is 3. The monoisotopic (exact) mass is 662 g/mol. The summed E-state index contributed by atoms with van der Waals surface area (Å²) in [7, 11) is 0. The molecule has 5 nitrogen and oxygen atoms in total. The van der Waals surface area contributed by atoms with Crippen LogP contribution in [0.4, 0.5) is 0 Å². The number of unbranched alkanes of at least 4 members (excludes halogenated alkanes) is 23. The first-order valence-corrected chi connectivity index (χ1v) is 20.3. The molecule has 0 radical (unpaired) electrons. The first-order valence-electron chi connectivity index (χ1n) is 20.3. The summed E-state index contributed by atoms with van der Waals surface area (Å²) in [5.74, 6) is -0.337. The molecule has 0 spiro atoms. The SMILES string of the molecule is CCCCC/C=C\CCCCCC(O)CC(=O)NC(CO)C(O)/C=C/CC/C=C/CCCCCCCCCCCCCCCCCC. The predicted octanol–water partition coefficient (Wildman–Crippen LogP) is 11.2. The van der Waals surface area contributed by atoms with E-state index in [0.717, 1.165) is 51.4 Å². The highest BCUT2D eigenvalue weighted by Gasteiger charge is 2.20. The van der Waals surface area contributed by atoms with Crippen LogP contribution >= 0.6 is 0 Å². The number of carbonyl (C=O) groups is 1. The highest BCUT2D eigenvalue weighted by atomic mass is 16.3. The van der Waals surface area contributed by atoms with Crippen molar-refractivity contribution in [3.8, 4) is 0 Å². The second kappa shape index (κ2) is 37.4. The van der Waals surface area contributed by atoms with Gasteiger partial charge in [-0.05, 0) is 57.8 Å². The molecule has 0 fully saturated rings. The minimum absolute atomic E-state index is 0.00549. The zero-order chi connectivity index (χ0) is 34.5. The molecule has 3 unspecified atom stereocenters. The number of hydrogen-bond donors (Lipinski definition) is 4. The lowest BCUT2D eigenvalue weighted by molar-refractivity contribution is -0.124. The fourth-order valence-electron chi connectivity index (χ4n) is 6.00. The van der Waals surface area contributed by atoms with Gasteiger partial charge in [0.15, 0.2) is 0 Å². The van der Waals surface area contributed by atoms with E-state index in [-0.39, 0.29) is 18.9 Å². The molecule has 3 atom stereocenters. The number of amides is 1. The van der Waals surface area contributed by atoms with E-state index in [0.29, 0.717) is 6.42 Å². The Morgan fingerprint density at radius 2 is 0.915 bits per heavy atom. The highest BCUT2D eigenvalue weighted by molar-refractivity contribution is 5.76. The third-order valence-electron chi connectivity index (χ3n) is 9.15. The quantitative estimate of drug-likeness (QED) is 0.0397. The average Bonchev–Trinajstić information content (AvgIpc) is 3.06. The maximum atomic E-state index is 12.3. The van der Waals surface area contributed by atoms with Crippen LogP contribution in [0, 0.1) is 0 Å². The van der Waals surface area contributed by atoms with Gasteiger partial charge in [-0.2, -0.15) is 0 Å². The van der Waals surface area contributed by atoms with Crippen LogP contribution in [0.25, 0.3) is 0 Å². The van der Waals surface area contributed by atoms with E-state index < -0.39 is 18.2 Å². The van der Waals surface area contributed by atoms with Crippen molar-refractivity contribution in [2.45, 2.75) is 218 Å². The Bertz CT molecular complexity index is 734. The standard InChI is InChI=1S/C42H79NO4/c1-3-5-7-9-11-13-15-16-17-18-19-20-21-22-23-24-25-26-28-30-32-34-36-41(46)40(38-44)43-42(47)37-39(45)35-33-31-29-27-14-12-10-8-6-4-2/h12,14,26,28,34,36,39-41,44-46H,3-11,13,15-25,27,29-33,35,37-38H2,1-2H3,(H,43,47)/b14-12-,28-26+,36-34+. The van der Waals surface area contributed by atoms with E-state index in [9.17, 15) is 20.1 Å². The molecule has 0 rings (SSSR count). The molecule has 0 heterocycles. The summed E-state index contributed by atoms with van der Waals surface area (Å²) in [4.78, 5) is 12.3. The van der Waals surface area contributed by atoms with E-state index in [2.05, 4.69) is 43.5 Å². The molecule has 0 saturated heterocycles. The van der Waals surface area contributed by atoms with Gasteiger partial charge in [-0.15, -0.1) is 0 Å². The van der Waals surface area contributed by atoms with Gasteiger partial charge in [-0.25, -0.2) is 0 Å². The summed E-state index contributed by atoms with van der Waals surface area (Å²) in [5, 5.41) is 33.0. The van der Waals surface area contributed by atoms with Crippen molar-refractivity contribution in [2.24, 2.45) is 0 Å². The third kappa shape index (κ3) is 34.2. The molecular weight excluding hydrogens is 582 g/mol. The lowest BCUT2D eigenvalue weighted by atomic mass is 10.0.